The molecule has 1 saturated heterocycles. The molecule has 1 N–H and O–H groups in total. The van der Waals surface area contributed by atoms with E-state index in [9.17, 15) is 21.6 Å². The lowest BCUT2D eigenvalue weighted by Gasteiger charge is -2.33. The van der Waals surface area contributed by atoms with Gasteiger partial charge >= 0.3 is 0 Å². The summed E-state index contributed by atoms with van der Waals surface area (Å²) in [6.07, 6.45) is 5.49. The molecule has 0 unspecified atom stereocenters. The molecule has 1 aliphatic carbocycles. The van der Waals surface area contributed by atoms with Crippen LogP contribution in [0.3, 0.4) is 0 Å². The maximum absolute atomic E-state index is 13.7. The van der Waals surface area contributed by atoms with Gasteiger partial charge in [-0.1, -0.05) is 29.8 Å². The molecule has 2 atom stereocenters. The second-order valence-corrected chi connectivity index (χ2v) is 15.7. The van der Waals surface area contributed by atoms with Gasteiger partial charge in [-0.25, -0.2) is 26.1 Å². The van der Waals surface area contributed by atoms with Crippen LogP contribution >= 0.6 is 0 Å². The van der Waals surface area contributed by atoms with E-state index in [0.717, 1.165) is 29.4 Å². The summed E-state index contributed by atoms with van der Waals surface area (Å²) in [7, 11) is -3.99. The summed E-state index contributed by atoms with van der Waals surface area (Å²) in [4.78, 5) is 20.4. The maximum atomic E-state index is 13.7. The quantitative estimate of drug-likeness (QED) is 0.320. The van der Waals surface area contributed by atoms with Gasteiger partial charge in [-0.3, -0.25) is 9.36 Å². The first-order valence-electron chi connectivity index (χ1n) is 14.5. The van der Waals surface area contributed by atoms with Crippen LogP contribution in [-0.4, -0.2) is 94.1 Å². The molecule has 1 saturated carbocycles. The highest BCUT2D eigenvalue weighted by molar-refractivity contribution is 7.89. The molecule has 5 rings (SSSR count). The first kappa shape index (κ1) is 31.3. The number of benzene rings is 2. The normalized spacial score (nSPS) is 19.6. The van der Waals surface area contributed by atoms with Crippen molar-refractivity contribution in [2.45, 2.75) is 43.0 Å². The van der Waals surface area contributed by atoms with Crippen molar-refractivity contribution in [3.63, 3.8) is 0 Å². The zero-order valence-corrected chi connectivity index (χ0v) is 26.7. The van der Waals surface area contributed by atoms with Crippen LogP contribution in [0.4, 0.5) is 5.82 Å². The van der Waals surface area contributed by atoms with E-state index in [-0.39, 0.29) is 29.4 Å². The van der Waals surface area contributed by atoms with E-state index >= 15 is 0 Å². The smallest absolute Gasteiger partial charge is 0.298 e. The number of hydrogen-bond acceptors (Lipinski definition) is 8. The van der Waals surface area contributed by atoms with Gasteiger partial charge in [0, 0.05) is 64.1 Å². The standard InChI is InChI=1S/C30H40N6O5S2/c1-22-7-9-23(10-8-22)27-20-28(27)31-15-5-6-24-21-36(25-11-13-26(14-12-25)43(40,41)33(2)3)30(37)29(32-24)34-16-18-35(19-17-34)42(4,38)39/h7-14,21,27-28,31H,5-6,15-20H2,1-4H3/t27-,28+/m0/s1. The van der Waals surface area contributed by atoms with Gasteiger partial charge in [0.25, 0.3) is 5.56 Å². The summed E-state index contributed by atoms with van der Waals surface area (Å²) in [5.74, 6) is 0.808. The molecule has 3 aromatic rings. The number of aromatic nitrogens is 2. The van der Waals surface area contributed by atoms with Gasteiger partial charge in [-0.15, -0.1) is 0 Å². The van der Waals surface area contributed by atoms with Crippen LogP contribution < -0.4 is 15.8 Å². The van der Waals surface area contributed by atoms with Crippen molar-refractivity contribution in [2.75, 3.05) is 58.0 Å². The van der Waals surface area contributed by atoms with Gasteiger partial charge < -0.3 is 10.2 Å². The van der Waals surface area contributed by atoms with Crippen LogP contribution in [0.5, 0.6) is 0 Å². The molecular formula is C30H40N6O5S2. The molecule has 0 amide bonds. The summed E-state index contributed by atoms with van der Waals surface area (Å²) >= 11 is 0. The Labute approximate surface area is 254 Å². The minimum absolute atomic E-state index is 0.135. The highest BCUT2D eigenvalue weighted by Crippen LogP contribution is 2.40. The van der Waals surface area contributed by atoms with Crippen molar-refractivity contribution in [1.82, 2.24) is 23.5 Å². The second kappa shape index (κ2) is 12.5. The molecule has 0 bridgehead atoms. The molecule has 0 spiro atoms. The van der Waals surface area contributed by atoms with E-state index in [1.165, 1.54) is 52.5 Å². The zero-order chi connectivity index (χ0) is 30.9. The minimum Gasteiger partial charge on any atom is -0.349 e. The minimum atomic E-state index is -3.61. The Hall–Kier alpha value is -3.10. The van der Waals surface area contributed by atoms with E-state index in [2.05, 4.69) is 36.5 Å². The third-order valence-corrected chi connectivity index (χ3v) is 11.3. The fourth-order valence-electron chi connectivity index (χ4n) is 5.43. The maximum Gasteiger partial charge on any atom is 0.298 e. The van der Waals surface area contributed by atoms with E-state index in [1.54, 1.807) is 18.3 Å². The van der Waals surface area contributed by atoms with E-state index in [0.29, 0.717) is 37.2 Å². The molecule has 0 radical (unpaired) electrons. The number of rotatable bonds is 11. The molecule has 1 aliphatic heterocycles. The van der Waals surface area contributed by atoms with Gasteiger partial charge in [0.2, 0.25) is 20.0 Å². The molecule has 2 aromatic carbocycles. The van der Waals surface area contributed by atoms with Crippen molar-refractivity contribution in [3.05, 3.63) is 81.9 Å². The molecule has 2 aliphatic rings. The summed E-state index contributed by atoms with van der Waals surface area (Å²) < 4.78 is 53.2. The molecular weight excluding hydrogens is 589 g/mol. The van der Waals surface area contributed by atoms with Crippen LogP contribution in [0.1, 0.15) is 35.6 Å². The van der Waals surface area contributed by atoms with Crippen LogP contribution in [0.2, 0.25) is 0 Å². The summed E-state index contributed by atoms with van der Waals surface area (Å²) in [6.45, 7) is 4.15. The molecule has 2 heterocycles. The second-order valence-electron chi connectivity index (χ2n) is 11.6. The highest BCUT2D eigenvalue weighted by atomic mass is 32.2. The van der Waals surface area contributed by atoms with Gasteiger partial charge in [-0.05, 0) is 62.6 Å². The third kappa shape index (κ3) is 7.18. The van der Waals surface area contributed by atoms with Gasteiger partial charge in [0.05, 0.1) is 16.8 Å². The molecule has 11 nitrogen and oxygen atoms in total. The predicted molar refractivity (Wildman–Crippen MR) is 168 cm³/mol. The summed E-state index contributed by atoms with van der Waals surface area (Å²) in [5.41, 5.74) is 3.55. The van der Waals surface area contributed by atoms with Gasteiger partial charge in [0.15, 0.2) is 5.82 Å². The Morgan fingerprint density at radius 1 is 0.953 bits per heavy atom. The largest absolute Gasteiger partial charge is 0.349 e. The molecule has 232 valence electrons. The highest BCUT2D eigenvalue weighted by Gasteiger charge is 2.37. The number of anilines is 1. The fourth-order valence-corrected chi connectivity index (χ4v) is 7.16. The molecule has 13 heteroatoms. The lowest BCUT2D eigenvalue weighted by atomic mass is 10.1. The van der Waals surface area contributed by atoms with Crippen LogP contribution in [0.15, 0.2) is 64.4 Å². The lowest BCUT2D eigenvalue weighted by molar-refractivity contribution is 0.386. The molecule has 1 aromatic heterocycles. The van der Waals surface area contributed by atoms with Gasteiger partial charge in [0.1, 0.15) is 0 Å². The number of nitrogens with zero attached hydrogens (tertiary/aromatic N) is 5. The fraction of sp³-hybridized carbons (Fsp3) is 0.467. The first-order chi connectivity index (χ1) is 20.3. The average molecular weight is 629 g/mol. The first-order valence-corrected chi connectivity index (χ1v) is 17.8. The van der Waals surface area contributed by atoms with Crippen molar-refractivity contribution < 1.29 is 16.8 Å². The van der Waals surface area contributed by atoms with E-state index in [4.69, 9.17) is 4.98 Å². The Kier molecular flexibility index (Phi) is 9.10. The van der Waals surface area contributed by atoms with Crippen molar-refractivity contribution >= 4 is 25.9 Å². The van der Waals surface area contributed by atoms with Crippen molar-refractivity contribution in [1.29, 1.82) is 0 Å². The Bertz CT molecular complexity index is 1710. The van der Waals surface area contributed by atoms with Crippen LogP contribution in [-0.2, 0) is 26.5 Å². The Morgan fingerprint density at radius 3 is 2.21 bits per heavy atom. The van der Waals surface area contributed by atoms with E-state index < -0.39 is 20.0 Å². The number of nitrogens with one attached hydrogen (secondary N) is 1. The lowest BCUT2D eigenvalue weighted by Crippen LogP contribution is -2.50. The average Bonchev–Trinajstić information content (AvgIpc) is 3.75. The van der Waals surface area contributed by atoms with Crippen molar-refractivity contribution in [2.24, 2.45) is 0 Å². The zero-order valence-electron chi connectivity index (χ0n) is 25.1. The van der Waals surface area contributed by atoms with Crippen LogP contribution in [0, 0.1) is 6.92 Å². The Balaban J connectivity index is 1.33. The number of sulfonamides is 2. The number of hydrogen-bond donors (Lipinski definition) is 1. The topological polar surface area (TPSA) is 125 Å². The Morgan fingerprint density at radius 2 is 1.60 bits per heavy atom. The van der Waals surface area contributed by atoms with Crippen molar-refractivity contribution in [3.8, 4) is 5.69 Å². The summed E-state index contributed by atoms with van der Waals surface area (Å²) in [6, 6.07) is 15.4. The summed E-state index contributed by atoms with van der Waals surface area (Å²) in [5, 5.41) is 3.64. The number of aryl methyl sites for hydroxylation is 2. The monoisotopic (exact) mass is 628 g/mol. The van der Waals surface area contributed by atoms with E-state index in [1.807, 2.05) is 4.90 Å². The van der Waals surface area contributed by atoms with Gasteiger partial charge in [-0.2, -0.15) is 4.31 Å². The SMILES string of the molecule is Cc1ccc([C@@H]2C[C@H]2NCCCc2cn(-c3ccc(S(=O)(=O)N(C)C)cc3)c(=O)c(N3CCN(S(C)(=O)=O)CC3)n2)cc1. The molecule has 43 heavy (non-hydrogen) atoms. The number of piperazine rings is 1. The molecule has 2 fully saturated rings. The predicted octanol–water partition coefficient (Wildman–Crippen LogP) is 1.95. The third-order valence-electron chi connectivity index (χ3n) is 8.15. The van der Waals surface area contributed by atoms with Crippen LogP contribution in [0.25, 0.3) is 5.69 Å².